The number of rotatable bonds is 35. The third kappa shape index (κ3) is 22.6. The van der Waals surface area contributed by atoms with E-state index in [1.165, 1.54) is 83.5 Å². The molecule has 0 aromatic carbocycles. The van der Waals surface area contributed by atoms with E-state index in [2.05, 4.69) is 43.5 Å². The van der Waals surface area contributed by atoms with Gasteiger partial charge in [0.05, 0.1) is 32.0 Å². The number of carbonyl (C=O) groups is 1. The van der Waals surface area contributed by atoms with Crippen LogP contribution in [0.5, 0.6) is 0 Å². The predicted molar refractivity (Wildman–Crippen MR) is 235 cm³/mol. The van der Waals surface area contributed by atoms with Crippen LogP contribution < -0.4 is 5.32 Å². The molecule has 12 atom stereocenters. The maximum Gasteiger partial charge on any atom is 0.220 e. The van der Waals surface area contributed by atoms with E-state index in [-0.39, 0.29) is 18.9 Å². The molecule has 14 nitrogen and oxygen atoms in total. The Morgan fingerprint density at radius 3 is 1.61 bits per heavy atom. The Hall–Kier alpha value is -1.79. The van der Waals surface area contributed by atoms with Crippen LogP contribution in [0.4, 0.5) is 0 Å². The van der Waals surface area contributed by atoms with Gasteiger partial charge in [0.1, 0.15) is 48.8 Å². The van der Waals surface area contributed by atoms with Gasteiger partial charge in [0.2, 0.25) is 5.91 Å². The molecule has 2 rings (SSSR count). The van der Waals surface area contributed by atoms with Crippen molar-refractivity contribution in [3.8, 4) is 0 Å². The first-order chi connectivity index (χ1) is 29.6. The van der Waals surface area contributed by atoms with Crippen molar-refractivity contribution in [2.75, 3.05) is 19.8 Å². The van der Waals surface area contributed by atoms with Crippen LogP contribution in [-0.2, 0) is 23.7 Å². The summed E-state index contributed by atoms with van der Waals surface area (Å²) in [5, 5.41) is 86.5. The predicted octanol–water partition coefficient (Wildman–Crippen LogP) is 5.15. The maximum atomic E-state index is 13.1. The first-order valence-electron chi connectivity index (χ1n) is 23.7. The van der Waals surface area contributed by atoms with E-state index in [0.717, 1.165) is 44.9 Å². The Morgan fingerprint density at radius 1 is 0.574 bits per heavy atom. The van der Waals surface area contributed by atoms with Crippen LogP contribution in [0.25, 0.3) is 0 Å². The van der Waals surface area contributed by atoms with E-state index in [4.69, 9.17) is 18.9 Å². The number of hydrogen-bond donors (Lipinski definition) is 9. The number of unbranched alkanes of at least 4 members (excludes halogenated alkanes) is 18. The molecule has 0 saturated carbocycles. The minimum atomic E-state index is -1.79. The lowest BCUT2D eigenvalue weighted by Gasteiger charge is -2.46. The molecule has 356 valence electrons. The fourth-order valence-corrected chi connectivity index (χ4v) is 7.61. The van der Waals surface area contributed by atoms with E-state index in [1.807, 2.05) is 6.08 Å². The van der Waals surface area contributed by atoms with Gasteiger partial charge in [-0.3, -0.25) is 4.79 Å². The number of amides is 1. The van der Waals surface area contributed by atoms with Crippen LogP contribution in [0.2, 0.25) is 0 Å². The summed E-state index contributed by atoms with van der Waals surface area (Å²) in [6.45, 7) is 2.70. The van der Waals surface area contributed by atoms with Crippen molar-refractivity contribution >= 4 is 5.91 Å². The highest BCUT2D eigenvalue weighted by Crippen LogP contribution is 2.30. The van der Waals surface area contributed by atoms with Crippen LogP contribution in [0.1, 0.15) is 162 Å². The van der Waals surface area contributed by atoms with Crippen molar-refractivity contribution < 1.29 is 64.6 Å². The lowest BCUT2D eigenvalue weighted by molar-refractivity contribution is -0.359. The second kappa shape index (κ2) is 34.6. The number of nitrogens with one attached hydrogen (secondary N) is 1. The fourth-order valence-electron chi connectivity index (χ4n) is 7.61. The molecule has 14 heteroatoms. The van der Waals surface area contributed by atoms with Crippen molar-refractivity contribution in [3.05, 3.63) is 36.5 Å². The average Bonchev–Trinajstić information content (AvgIpc) is 3.26. The molecule has 0 aromatic rings. The quantitative estimate of drug-likeness (QED) is 0.0297. The van der Waals surface area contributed by atoms with E-state index in [1.54, 1.807) is 6.08 Å². The van der Waals surface area contributed by atoms with Gasteiger partial charge in [0.15, 0.2) is 12.6 Å². The van der Waals surface area contributed by atoms with Gasteiger partial charge < -0.3 is 65.1 Å². The van der Waals surface area contributed by atoms with Crippen molar-refractivity contribution in [3.63, 3.8) is 0 Å². The number of hydrogen-bond acceptors (Lipinski definition) is 13. The smallest absolute Gasteiger partial charge is 0.220 e. The maximum absolute atomic E-state index is 13.1. The van der Waals surface area contributed by atoms with Gasteiger partial charge >= 0.3 is 0 Å². The van der Waals surface area contributed by atoms with Crippen LogP contribution in [0.15, 0.2) is 36.5 Å². The molecule has 0 spiro atoms. The fraction of sp³-hybridized carbons (Fsp3) is 0.851. The Kier molecular flexibility index (Phi) is 31.4. The normalized spacial score (nSPS) is 28.3. The van der Waals surface area contributed by atoms with Crippen molar-refractivity contribution in [1.82, 2.24) is 5.32 Å². The summed E-state index contributed by atoms with van der Waals surface area (Å²) in [7, 11) is 0. The van der Waals surface area contributed by atoms with Crippen LogP contribution in [0, 0.1) is 0 Å². The summed E-state index contributed by atoms with van der Waals surface area (Å²) in [6.07, 6.45) is 20.5. The van der Waals surface area contributed by atoms with Gasteiger partial charge in [-0.2, -0.15) is 0 Å². The lowest BCUT2D eigenvalue weighted by Crippen LogP contribution is -2.65. The molecule has 2 saturated heterocycles. The largest absolute Gasteiger partial charge is 0.394 e. The minimum Gasteiger partial charge on any atom is -0.394 e. The van der Waals surface area contributed by atoms with Crippen molar-refractivity contribution in [2.24, 2.45) is 0 Å². The molecule has 2 aliphatic heterocycles. The van der Waals surface area contributed by atoms with Gasteiger partial charge in [-0.15, -0.1) is 0 Å². The summed E-state index contributed by atoms with van der Waals surface area (Å²) in [4.78, 5) is 13.1. The summed E-state index contributed by atoms with van der Waals surface area (Å²) >= 11 is 0. The molecule has 12 unspecified atom stereocenters. The van der Waals surface area contributed by atoms with Crippen molar-refractivity contribution in [1.29, 1.82) is 0 Å². The zero-order valence-corrected chi connectivity index (χ0v) is 37.4. The first kappa shape index (κ1) is 55.3. The van der Waals surface area contributed by atoms with E-state index >= 15 is 0 Å². The Balaban J connectivity index is 1.91. The molecular formula is C47H85NO13. The minimum absolute atomic E-state index is 0.256. The molecule has 0 bridgehead atoms. The summed E-state index contributed by atoms with van der Waals surface area (Å²) in [6, 6.07) is -0.932. The number of aliphatic hydroxyl groups excluding tert-OH is 8. The van der Waals surface area contributed by atoms with Crippen molar-refractivity contribution in [2.45, 2.75) is 235 Å². The zero-order valence-electron chi connectivity index (χ0n) is 37.4. The number of aliphatic hydroxyl groups is 8. The Labute approximate surface area is 366 Å². The molecule has 2 aliphatic rings. The number of allylic oxidation sites excluding steroid dienone is 5. The first-order valence-corrected chi connectivity index (χ1v) is 23.7. The molecule has 0 aromatic heterocycles. The molecule has 61 heavy (non-hydrogen) atoms. The molecule has 9 N–H and O–H groups in total. The highest BCUT2D eigenvalue weighted by Gasteiger charge is 2.50. The molecule has 2 heterocycles. The van der Waals surface area contributed by atoms with Crippen LogP contribution in [0.3, 0.4) is 0 Å². The SMILES string of the molecule is CCCCC/C=C/CC/C=C/CC/C=C/C(O)C(COC1OC(CO)C(OC2OC(CO)C(O)C(O)C2O)C(O)C1O)NC(=O)CCCCCCCCCCCCCCCC. The monoisotopic (exact) mass is 872 g/mol. The molecular weight excluding hydrogens is 787 g/mol. The standard InChI is InChI=1S/C47H85NO13/c1-3-5-7-9-11-13-15-17-19-21-23-25-27-29-31-39(52)48-35(36(51)30-28-26-24-22-20-18-16-14-12-10-8-6-4-2)34-58-46-44(57)42(55)45(38(33-50)60-46)61-47-43(56)41(54)40(53)37(32-49)59-47/h12,14,20,22,28,30,35-38,40-47,49-51,53-57H,3-11,13,15-19,21,23-27,29,31-34H2,1-2H3,(H,48,52)/b14-12+,22-20+,30-28+. The third-order valence-corrected chi connectivity index (χ3v) is 11.6. The van der Waals surface area contributed by atoms with Crippen LogP contribution in [-0.4, -0.2) is 140 Å². The van der Waals surface area contributed by atoms with Crippen LogP contribution >= 0.6 is 0 Å². The Bertz CT molecular complexity index is 1170. The number of ether oxygens (including phenoxy) is 4. The highest BCUT2D eigenvalue weighted by molar-refractivity contribution is 5.76. The molecule has 2 fully saturated rings. The highest BCUT2D eigenvalue weighted by atomic mass is 16.7. The van der Waals surface area contributed by atoms with Gasteiger partial charge in [0.25, 0.3) is 0 Å². The van der Waals surface area contributed by atoms with Gasteiger partial charge in [-0.1, -0.05) is 147 Å². The molecule has 0 radical (unpaired) electrons. The Morgan fingerprint density at radius 2 is 1.05 bits per heavy atom. The lowest BCUT2D eigenvalue weighted by atomic mass is 9.97. The third-order valence-electron chi connectivity index (χ3n) is 11.6. The average molecular weight is 872 g/mol. The zero-order chi connectivity index (χ0) is 44.7. The van der Waals surface area contributed by atoms with E-state index in [0.29, 0.717) is 12.8 Å². The molecule has 1 amide bonds. The molecule has 0 aliphatic carbocycles. The van der Waals surface area contributed by atoms with Gasteiger partial charge in [-0.25, -0.2) is 0 Å². The summed E-state index contributed by atoms with van der Waals surface area (Å²) in [5.41, 5.74) is 0. The van der Waals surface area contributed by atoms with E-state index in [9.17, 15) is 45.6 Å². The van der Waals surface area contributed by atoms with Gasteiger partial charge in [0, 0.05) is 6.42 Å². The number of carbonyl (C=O) groups excluding carboxylic acids is 1. The summed E-state index contributed by atoms with van der Waals surface area (Å²) in [5.74, 6) is -0.256. The topological polar surface area (TPSA) is 228 Å². The van der Waals surface area contributed by atoms with E-state index < -0.39 is 86.8 Å². The second-order valence-electron chi connectivity index (χ2n) is 16.9. The second-order valence-corrected chi connectivity index (χ2v) is 16.9. The van der Waals surface area contributed by atoms with Gasteiger partial charge in [-0.05, 0) is 44.9 Å². The summed E-state index contributed by atoms with van der Waals surface area (Å²) < 4.78 is 22.6.